The zero-order valence-electron chi connectivity index (χ0n) is 11.7. The summed E-state index contributed by atoms with van der Waals surface area (Å²) in [6.45, 7) is 2.05. The van der Waals surface area contributed by atoms with Gasteiger partial charge >= 0.3 is 5.97 Å². The first-order valence-electron chi connectivity index (χ1n) is 6.34. The summed E-state index contributed by atoms with van der Waals surface area (Å²) in [7, 11) is -2.59. The summed E-state index contributed by atoms with van der Waals surface area (Å²) in [4.78, 5) is 10.6. The van der Waals surface area contributed by atoms with Crippen LogP contribution in [0.1, 0.15) is 22.3 Å². The van der Waals surface area contributed by atoms with E-state index in [1.54, 1.807) is 0 Å². The van der Waals surface area contributed by atoms with E-state index in [-0.39, 0.29) is 23.1 Å². The van der Waals surface area contributed by atoms with Crippen LogP contribution in [0.25, 0.3) is 0 Å². The zero-order chi connectivity index (χ0) is 15.8. The van der Waals surface area contributed by atoms with Gasteiger partial charge in [0.1, 0.15) is 5.82 Å². The number of rotatable bonds is 4. The molecule has 0 aliphatic carbocycles. The molecule has 1 unspecified atom stereocenters. The normalized spacial score (nSPS) is 19.1. The van der Waals surface area contributed by atoms with Crippen molar-refractivity contribution in [1.29, 1.82) is 0 Å². The predicted octanol–water partition coefficient (Wildman–Crippen LogP) is 1.24. The Balaban J connectivity index is 2.50. The largest absolute Gasteiger partial charge is 0.478 e. The van der Waals surface area contributed by atoms with Crippen molar-refractivity contribution in [2.75, 3.05) is 20.3 Å². The second-order valence-corrected chi connectivity index (χ2v) is 6.89. The number of carboxylic acid groups (broad SMARTS) is 1. The molecule has 8 heteroatoms. The summed E-state index contributed by atoms with van der Waals surface area (Å²) in [5, 5.41) is 8.95. The highest BCUT2D eigenvalue weighted by Crippen LogP contribution is 2.26. The number of hydrogen-bond acceptors (Lipinski definition) is 4. The van der Waals surface area contributed by atoms with Gasteiger partial charge in [-0.1, -0.05) is 0 Å². The molecule has 0 bridgehead atoms. The third kappa shape index (κ3) is 2.92. The molecular weight excluding hydrogens is 301 g/mol. The minimum atomic E-state index is -3.98. The monoisotopic (exact) mass is 317 g/mol. The maximum Gasteiger partial charge on any atom is 0.335 e. The van der Waals surface area contributed by atoms with E-state index in [4.69, 9.17) is 9.84 Å². The molecule has 1 aliphatic rings. The molecule has 1 aromatic carbocycles. The Morgan fingerprint density at radius 2 is 2.14 bits per heavy atom. The standard InChI is InChI=1S/C13H16FNO5S/c1-8-11(14)5-9(13(16)17)6-12(8)21(18,19)15(2)10-3-4-20-7-10/h5-6,10H,3-4,7H2,1-2H3,(H,16,17). The van der Waals surface area contributed by atoms with Crippen molar-refractivity contribution in [2.24, 2.45) is 0 Å². The van der Waals surface area contributed by atoms with Crippen LogP contribution in [0, 0.1) is 12.7 Å². The summed E-state index contributed by atoms with van der Waals surface area (Å²) in [6.07, 6.45) is 0.551. The molecule has 0 radical (unpaired) electrons. The third-order valence-corrected chi connectivity index (χ3v) is 5.66. The second kappa shape index (κ2) is 5.70. The minimum Gasteiger partial charge on any atom is -0.478 e. The Morgan fingerprint density at radius 3 is 2.67 bits per heavy atom. The van der Waals surface area contributed by atoms with Crippen LogP contribution in [0.15, 0.2) is 17.0 Å². The van der Waals surface area contributed by atoms with Gasteiger partial charge in [0.2, 0.25) is 10.0 Å². The molecular formula is C13H16FNO5S. The van der Waals surface area contributed by atoms with E-state index in [2.05, 4.69) is 0 Å². The maximum atomic E-state index is 13.8. The molecule has 0 saturated carbocycles. The Morgan fingerprint density at radius 1 is 1.48 bits per heavy atom. The predicted molar refractivity (Wildman–Crippen MR) is 72.3 cm³/mol. The van der Waals surface area contributed by atoms with Gasteiger partial charge in [0.15, 0.2) is 0 Å². The lowest BCUT2D eigenvalue weighted by Crippen LogP contribution is -2.37. The molecule has 1 aromatic rings. The smallest absolute Gasteiger partial charge is 0.335 e. The summed E-state index contributed by atoms with van der Waals surface area (Å²) in [6, 6.07) is 1.48. The molecule has 0 spiro atoms. The van der Waals surface area contributed by atoms with E-state index < -0.39 is 27.4 Å². The van der Waals surface area contributed by atoms with Crippen LogP contribution in [0.4, 0.5) is 4.39 Å². The quantitative estimate of drug-likeness (QED) is 0.903. The Bertz CT molecular complexity index is 667. The number of hydrogen-bond donors (Lipinski definition) is 1. The summed E-state index contributed by atoms with van der Waals surface area (Å²) in [5.41, 5.74) is -0.487. The van der Waals surface area contributed by atoms with E-state index >= 15 is 0 Å². The van der Waals surface area contributed by atoms with Crippen molar-refractivity contribution in [3.63, 3.8) is 0 Å². The Hall–Kier alpha value is -1.51. The lowest BCUT2D eigenvalue weighted by molar-refractivity contribution is 0.0696. The SMILES string of the molecule is Cc1c(F)cc(C(=O)O)cc1S(=O)(=O)N(C)C1CCOC1. The van der Waals surface area contributed by atoms with Crippen LogP contribution in [0.5, 0.6) is 0 Å². The number of ether oxygens (including phenoxy) is 1. The molecule has 1 saturated heterocycles. The van der Waals surface area contributed by atoms with E-state index in [9.17, 15) is 17.6 Å². The fourth-order valence-corrected chi connectivity index (χ4v) is 3.83. The number of sulfonamides is 1. The number of benzene rings is 1. The Kier molecular flexibility index (Phi) is 4.31. The minimum absolute atomic E-state index is 0.0919. The van der Waals surface area contributed by atoms with Crippen LogP contribution in [-0.2, 0) is 14.8 Å². The van der Waals surface area contributed by atoms with Crippen LogP contribution in [0.2, 0.25) is 0 Å². The summed E-state index contributed by atoms with van der Waals surface area (Å²) >= 11 is 0. The maximum absolute atomic E-state index is 13.8. The van der Waals surface area contributed by atoms with Gasteiger partial charge in [-0.05, 0) is 25.5 Å². The van der Waals surface area contributed by atoms with Crippen molar-refractivity contribution >= 4 is 16.0 Å². The topological polar surface area (TPSA) is 83.9 Å². The van der Waals surface area contributed by atoms with E-state index in [0.717, 1.165) is 16.4 Å². The number of carbonyl (C=O) groups is 1. The molecule has 1 heterocycles. The number of halogens is 1. The molecule has 0 aromatic heterocycles. The highest BCUT2D eigenvalue weighted by Gasteiger charge is 2.32. The number of carboxylic acids is 1. The molecule has 116 valence electrons. The van der Waals surface area contributed by atoms with Gasteiger partial charge < -0.3 is 9.84 Å². The highest BCUT2D eigenvalue weighted by atomic mass is 32.2. The summed E-state index contributed by atoms with van der Waals surface area (Å²) < 4.78 is 45.2. The number of nitrogens with zero attached hydrogens (tertiary/aromatic N) is 1. The summed E-state index contributed by atoms with van der Waals surface area (Å²) in [5.74, 6) is -2.23. The van der Waals surface area contributed by atoms with Crippen molar-refractivity contribution in [1.82, 2.24) is 4.31 Å². The lowest BCUT2D eigenvalue weighted by atomic mass is 10.1. The first-order valence-corrected chi connectivity index (χ1v) is 7.78. The molecule has 21 heavy (non-hydrogen) atoms. The first kappa shape index (κ1) is 15.9. The van der Waals surface area contributed by atoms with Crippen molar-refractivity contribution in [3.05, 3.63) is 29.1 Å². The van der Waals surface area contributed by atoms with Crippen molar-refractivity contribution in [2.45, 2.75) is 24.3 Å². The lowest BCUT2D eigenvalue weighted by Gasteiger charge is -2.23. The van der Waals surface area contributed by atoms with Crippen molar-refractivity contribution in [3.8, 4) is 0 Å². The molecule has 6 nitrogen and oxygen atoms in total. The molecule has 1 fully saturated rings. The van der Waals surface area contributed by atoms with Gasteiger partial charge in [-0.15, -0.1) is 0 Å². The molecule has 1 N–H and O–H groups in total. The third-order valence-electron chi connectivity index (χ3n) is 3.62. The van der Waals surface area contributed by atoms with Gasteiger partial charge in [0.25, 0.3) is 0 Å². The highest BCUT2D eigenvalue weighted by molar-refractivity contribution is 7.89. The van der Waals surface area contributed by atoms with Gasteiger partial charge in [0.05, 0.1) is 23.1 Å². The molecule has 1 atom stereocenters. The van der Waals surface area contributed by atoms with E-state index in [0.29, 0.717) is 13.0 Å². The first-order chi connectivity index (χ1) is 9.75. The fraction of sp³-hybridized carbons (Fsp3) is 0.462. The van der Waals surface area contributed by atoms with Gasteiger partial charge in [-0.25, -0.2) is 17.6 Å². The van der Waals surface area contributed by atoms with Crippen LogP contribution < -0.4 is 0 Å². The fourth-order valence-electron chi connectivity index (χ4n) is 2.21. The molecule has 0 amide bonds. The van der Waals surface area contributed by atoms with Crippen LogP contribution >= 0.6 is 0 Å². The number of likely N-dealkylation sites (N-methyl/N-ethyl adjacent to an activating group) is 1. The van der Waals surface area contributed by atoms with E-state index in [1.807, 2.05) is 0 Å². The van der Waals surface area contributed by atoms with Gasteiger partial charge in [-0.3, -0.25) is 0 Å². The van der Waals surface area contributed by atoms with E-state index in [1.165, 1.54) is 14.0 Å². The molecule has 2 rings (SSSR count). The average molecular weight is 317 g/mol. The van der Waals surface area contributed by atoms with Crippen molar-refractivity contribution < 1.29 is 27.4 Å². The van der Waals surface area contributed by atoms with Crippen LogP contribution in [-0.4, -0.2) is 50.1 Å². The van der Waals surface area contributed by atoms with Crippen LogP contribution in [0.3, 0.4) is 0 Å². The molecule has 1 aliphatic heterocycles. The second-order valence-electron chi connectivity index (χ2n) is 4.93. The number of aromatic carboxylic acids is 1. The van der Waals surface area contributed by atoms with Gasteiger partial charge in [0, 0.05) is 19.2 Å². The zero-order valence-corrected chi connectivity index (χ0v) is 12.5. The average Bonchev–Trinajstić information content (AvgIpc) is 2.94. The Labute approximate surface area is 122 Å². The van der Waals surface area contributed by atoms with Gasteiger partial charge in [-0.2, -0.15) is 4.31 Å².